The molecule has 23 heteroatoms. The zero-order chi connectivity index (χ0) is 45.3. The lowest BCUT2D eigenvalue weighted by atomic mass is 9.81. The van der Waals surface area contributed by atoms with Crippen LogP contribution in [0.3, 0.4) is 0 Å². The molecule has 1 aromatic heterocycles. The van der Waals surface area contributed by atoms with Crippen LogP contribution < -0.4 is 9.47 Å². The lowest BCUT2D eigenvalue weighted by Crippen LogP contribution is -2.39. The maximum absolute atomic E-state index is 13.6. The molecule has 1 aromatic carbocycles. The summed E-state index contributed by atoms with van der Waals surface area (Å²) >= 11 is 0. The normalized spacial score (nSPS) is 18.0. The molecule has 3 aliphatic rings. The Morgan fingerprint density at radius 3 is 2.15 bits per heavy atom. The van der Waals surface area contributed by atoms with E-state index in [1.54, 1.807) is 41.0 Å². The lowest BCUT2D eigenvalue weighted by molar-refractivity contribution is -0.684. The summed E-state index contributed by atoms with van der Waals surface area (Å²) in [6.07, 6.45) is 9.85. The first kappa shape index (κ1) is 46.9. The van der Waals surface area contributed by atoms with Crippen LogP contribution in [0.1, 0.15) is 74.9 Å². The zero-order valence-electron chi connectivity index (χ0n) is 33.8. The van der Waals surface area contributed by atoms with E-state index in [0.717, 1.165) is 5.06 Å². The highest BCUT2D eigenvalue weighted by Gasteiger charge is 2.44. The fraction of sp³-hybridized carbons (Fsp3) is 0.421. The van der Waals surface area contributed by atoms with Crippen molar-refractivity contribution in [3.8, 4) is 0 Å². The molecule has 1 fully saturated rings. The molecule has 3 aliphatic heterocycles. The first-order valence-electron chi connectivity index (χ1n) is 18.7. The van der Waals surface area contributed by atoms with Gasteiger partial charge in [-0.1, -0.05) is 32.1 Å². The summed E-state index contributed by atoms with van der Waals surface area (Å²) < 4.78 is 99.9. The molecule has 20 nitrogen and oxygen atoms in total. The molecule has 4 heterocycles. The first-order chi connectivity index (χ1) is 28.2. The summed E-state index contributed by atoms with van der Waals surface area (Å²) in [5.41, 5.74) is 1.38. The molecule has 3 amide bonds. The molecule has 61 heavy (non-hydrogen) atoms. The zero-order valence-corrected chi connectivity index (χ0v) is 36.3. The van der Waals surface area contributed by atoms with E-state index in [1.807, 2.05) is 32.6 Å². The number of aliphatic imine (C=N–C) groups is 1. The predicted octanol–water partition coefficient (Wildman–Crippen LogP) is 2.55. The number of hydroxylamine groups is 4. The number of pyridine rings is 1. The Bertz CT molecular complexity index is 2600. The largest absolute Gasteiger partial charge is 0.361 e. The molecule has 5 rings (SSSR count). The number of amides is 3. The second kappa shape index (κ2) is 17.7. The van der Waals surface area contributed by atoms with Crippen LogP contribution in [0.5, 0.6) is 0 Å². The highest BCUT2D eigenvalue weighted by Crippen LogP contribution is 2.48. The topological polar surface area (TPSA) is 276 Å². The number of aromatic nitrogens is 1. The van der Waals surface area contributed by atoms with Crippen LogP contribution in [0.4, 0.5) is 11.5 Å². The Morgan fingerprint density at radius 2 is 1.52 bits per heavy atom. The fourth-order valence-corrected chi connectivity index (χ4v) is 8.56. The molecule has 3 N–H and O–H groups in total. The van der Waals surface area contributed by atoms with Gasteiger partial charge in [-0.25, -0.2) is 14.4 Å². The molecular weight excluding hydrogens is 863 g/mol. The molecule has 0 spiro atoms. The van der Waals surface area contributed by atoms with Crippen molar-refractivity contribution in [2.75, 3.05) is 36.6 Å². The standard InChI is InChI=1S/C38H45N5O15S3/c1-37(2)28-21-25(36(47)40(5)57-24-34(46)58-43-32(44)15-16-33(43)45)23-41(17-9-19-59(48,49)50)35(28)39-30(37)11-7-6-8-12-31-38(3,4)27-22-26(61(54,55)56)13-14-29(27)42(31)18-10-20-60(51,52)53/h6-8,11-14,21-23H,9-10,15-20,24H2,1-5H3,(H2-,48,49,50,51,52,53,54,55,56)/p+1. The molecule has 0 bridgehead atoms. The van der Waals surface area contributed by atoms with Gasteiger partial charge in [0.05, 0.1) is 39.5 Å². The number of hydrogen-bond acceptors (Lipinski definition) is 14. The van der Waals surface area contributed by atoms with Crippen LogP contribution in [0, 0.1) is 0 Å². The van der Waals surface area contributed by atoms with Crippen molar-refractivity contribution in [2.45, 2.75) is 75.6 Å². The average molecular weight is 909 g/mol. The number of carbonyl (C=O) groups excluding carboxylic acids is 4. The quantitative estimate of drug-likeness (QED) is 0.0676. The van der Waals surface area contributed by atoms with Crippen LogP contribution in [-0.2, 0) is 71.8 Å². The van der Waals surface area contributed by atoms with Gasteiger partial charge >= 0.3 is 11.8 Å². The molecule has 0 atom stereocenters. The van der Waals surface area contributed by atoms with Gasteiger partial charge in [0.15, 0.2) is 12.3 Å². The van der Waals surface area contributed by atoms with Crippen molar-refractivity contribution < 1.29 is 72.3 Å². The summed E-state index contributed by atoms with van der Waals surface area (Å²) in [5.74, 6) is -3.86. The second-order valence-corrected chi connectivity index (χ2v) is 20.0. The van der Waals surface area contributed by atoms with Crippen molar-refractivity contribution in [1.82, 2.24) is 10.1 Å². The predicted molar refractivity (Wildman–Crippen MR) is 217 cm³/mol. The van der Waals surface area contributed by atoms with Crippen LogP contribution in [0.15, 0.2) is 76.4 Å². The van der Waals surface area contributed by atoms with E-state index < -0.39 is 83.0 Å². The molecule has 2 aromatic rings. The van der Waals surface area contributed by atoms with Crippen LogP contribution in [0.25, 0.3) is 0 Å². The Balaban J connectivity index is 1.38. The molecule has 0 aliphatic carbocycles. The van der Waals surface area contributed by atoms with Crippen LogP contribution in [-0.4, -0.2) is 110 Å². The number of fused-ring (bicyclic) bond motifs is 2. The monoisotopic (exact) mass is 908 g/mol. The van der Waals surface area contributed by atoms with Gasteiger partial charge in [-0.2, -0.15) is 25.3 Å². The molecule has 0 saturated carbocycles. The fourth-order valence-electron chi connectivity index (χ4n) is 7.06. The number of allylic oxidation sites excluding steroid dienone is 6. The van der Waals surface area contributed by atoms with Crippen LogP contribution >= 0.6 is 0 Å². The van der Waals surface area contributed by atoms with Gasteiger partial charge in [0.25, 0.3) is 48.1 Å². The van der Waals surface area contributed by atoms with E-state index in [0.29, 0.717) is 39.1 Å². The third-order valence-electron chi connectivity index (χ3n) is 10.2. The SMILES string of the molecule is CN(OCC(=O)ON1C(=O)CCC1=O)C(=O)c1cc2c([n+](CCCS(=O)(=O)O)c1)N=C(/C=C/C=C/C=C1/N(CCCS(=O)(=O)O)c3ccc(S(=O)(=O)O)cc3C1(C)C)C2(C)C. The number of imide groups is 1. The van der Waals surface area contributed by atoms with Crippen molar-refractivity contribution in [1.29, 1.82) is 0 Å². The van der Waals surface area contributed by atoms with E-state index in [-0.39, 0.29) is 49.2 Å². The molecule has 0 unspecified atom stereocenters. The van der Waals surface area contributed by atoms with Crippen LogP contribution in [0.2, 0.25) is 0 Å². The molecular formula is C38H46N5O15S3+. The number of rotatable bonds is 17. The van der Waals surface area contributed by atoms with Gasteiger partial charge in [0.1, 0.15) is 6.20 Å². The van der Waals surface area contributed by atoms with E-state index in [2.05, 4.69) is 0 Å². The van der Waals surface area contributed by atoms with Gasteiger partial charge in [-0.3, -0.25) is 32.9 Å². The van der Waals surface area contributed by atoms with Crippen molar-refractivity contribution >= 4 is 71.3 Å². The van der Waals surface area contributed by atoms with Gasteiger partial charge < -0.3 is 9.74 Å². The summed E-state index contributed by atoms with van der Waals surface area (Å²) in [7, 11) is -11.9. The highest BCUT2D eigenvalue weighted by atomic mass is 32.2. The minimum Gasteiger partial charge on any atom is -0.344 e. The summed E-state index contributed by atoms with van der Waals surface area (Å²) in [4.78, 5) is 65.8. The first-order valence-corrected chi connectivity index (χ1v) is 23.4. The number of nitrogens with zero attached hydrogens (tertiary/aromatic N) is 5. The van der Waals surface area contributed by atoms with Gasteiger partial charge in [-0.15, -0.1) is 5.06 Å². The number of benzene rings is 1. The number of anilines is 1. The third-order valence-corrected chi connectivity index (χ3v) is 12.7. The second-order valence-electron chi connectivity index (χ2n) is 15.4. The number of aryl methyl sites for hydroxylation is 1. The Kier molecular flexibility index (Phi) is 13.6. The highest BCUT2D eigenvalue weighted by molar-refractivity contribution is 7.86. The number of hydrogen-bond donors (Lipinski definition) is 3. The minimum absolute atomic E-state index is 0.0206. The Labute approximate surface area is 353 Å². The smallest absolute Gasteiger partial charge is 0.344 e. The average Bonchev–Trinajstić information content (AvgIpc) is 3.68. The molecule has 0 radical (unpaired) electrons. The van der Waals surface area contributed by atoms with E-state index in [9.17, 15) is 58.1 Å². The molecule has 1 saturated heterocycles. The van der Waals surface area contributed by atoms with Gasteiger partial charge in [-0.05, 0) is 67.2 Å². The summed E-state index contributed by atoms with van der Waals surface area (Å²) in [5, 5.41) is 1.11. The van der Waals surface area contributed by atoms with Gasteiger partial charge in [0.2, 0.25) is 0 Å². The lowest BCUT2D eigenvalue weighted by Gasteiger charge is -2.27. The summed E-state index contributed by atoms with van der Waals surface area (Å²) in [6, 6.07) is 5.71. The van der Waals surface area contributed by atoms with Crippen molar-refractivity contribution in [2.24, 2.45) is 4.99 Å². The maximum atomic E-state index is 13.6. The van der Waals surface area contributed by atoms with E-state index >= 15 is 0 Å². The van der Waals surface area contributed by atoms with Crippen molar-refractivity contribution in [3.05, 3.63) is 83.2 Å². The molecule has 330 valence electrons. The van der Waals surface area contributed by atoms with E-state index in [1.165, 1.54) is 31.4 Å². The Hall–Kier alpha value is -5.17. The van der Waals surface area contributed by atoms with E-state index in [4.69, 9.17) is 14.7 Å². The number of carbonyl (C=O) groups is 4. The minimum atomic E-state index is -4.52. The van der Waals surface area contributed by atoms with Gasteiger partial charge in [0, 0.05) is 49.7 Å². The summed E-state index contributed by atoms with van der Waals surface area (Å²) in [6.45, 7) is 6.75. The third kappa shape index (κ3) is 11.0. The van der Waals surface area contributed by atoms with Crippen molar-refractivity contribution in [3.63, 3.8) is 0 Å². The maximum Gasteiger partial charge on any atom is 0.361 e. The Morgan fingerprint density at radius 1 is 0.885 bits per heavy atom.